The Labute approximate surface area is 164 Å². The number of alkyl halides is 2. The van der Waals surface area contributed by atoms with Gasteiger partial charge in [0, 0.05) is 18.5 Å². The number of piperidine rings is 1. The fourth-order valence-electron chi connectivity index (χ4n) is 2.69. The first-order valence-corrected chi connectivity index (χ1v) is 9.20. The highest BCUT2D eigenvalue weighted by Crippen LogP contribution is 2.35. The first-order chi connectivity index (χ1) is 12.8. The standard InChI is InChI=1S/C12H19F2NO4.C8H11N/c1-11(2,3)19-10(18)15-5-4-8(6-9(16)17)12(13,14)7-15;1-7(9)8-5-3-2-4-6-8/h8H,4-7H2,1-3H3,(H,16,17);2-7H,9H2,1H3/t8-;7-/m00/s1. The van der Waals surface area contributed by atoms with E-state index in [2.05, 4.69) is 0 Å². The fourth-order valence-corrected chi connectivity index (χ4v) is 2.69. The average Bonchev–Trinajstić information content (AvgIpc) is 2.56. The number of likely N-dealkylation sites (tertiary alicyclic amines) is 1. The lowest BCUT2D eigenvalue weighted by Crippen LogP contribution is -2.52. The lowest BCUT2D eigenvalue weighted by Gasteiger charge is -2.38. The third kappa shape index (κ3) is 8.21. The van der Waals surface area contributed by atoms with Crippen molar-refractivity contribution in [1.82, 2.24) is 4.90 Å². The summed E-state index contributed by atoms with van der Waals surface area (Å²) in [7, 11) is 0. The Kier molecular flexibility index (Phi) is 8.35. The molecule has 1 fully saturated rings. The van der Waals surface area contributed by atoms with Crippen LogP contribution in [0.2, 0.25) is 0 Å². The van der Waals surface area contributed by atoms with Gasteiger partial charge < -0.3 is 20.5 Å². The van der Waals surface area contributed by atoms with E-state index in [0.717, 1.165) is 4.90 Å². The SMILES string of the molecule is CC(C)(C)OC(=O)N1CC[C@@H](CC(=O)O)C(F)(F)C1.C[C@H](N)c1ccccc1. The van der Waals surface area contributed by atoms with E-state index in [1.807, 2.05) is 37.3 Å². The van der Waals surface area contributed by atoms with E-state index in [1.54, 1.807) is 20.8 Å². The number of nitrogens with two attached hydrogens (primary N) is 1. The topological polar surface area (TPSA) is 92.9 Å². The number of rotatable bonds is 3. The van der Waals surface area contributed by atoms with Crippen molar-refractivity contribution < 1.29 is 28.2 Å². The number of halogens is 2. The highest BCUT2D eigenvalue weighted by molar-refractivity contribution is 5.69. The molecular formula is C20H30F2N2O4. The first kappa shape index (κ1) is 23.8. The maximum Gasteiger partial charge on any atom is 0.410 e. The number of hydrogen-bond donors (Lipinski definition) is 2. The molecule has 1 saturated heterocycles. The summed E-state index contributed by atoms with van der Waals surface area (Å²) in [6.07, 6.45) is -1.42. The van der Waals surface area contributed by atoms with E-state index in [4.69, 9.17) is 15.6 Å². The largest absolute Gasteiger partial charge is 0.481 e. The second-order valence-corrected chi connectivity index (χ2v) is 7.95. The van der Waals surface area contributed by atoms with Crippen LogP contribution in [0, 0.1) is 5.92 Å². The molecule has 28 heavy (non-hydrogen) atoms. The molecule has 1 aromatic carbocycles. The summed E-state index contributed by atoms with van der Waals surface area (Å²) in [6.45, 7) is 6.23. The molecule has 0 bridgehead atoms. The lowest BCUT2D eigenvalue weighted by molar-refractivity contribution is -0.148. The van der Waals surface area contributed by atoms with Gasteiger partial charge in [0.25, 0.3) is 5.92 Å². The molecule has 1 heterocycles. The predicted octanol–water partition coefficient (Wildman–Crippen LogP) is 4.06. The molecular weight excluding hydrogens is 370 g/mol. The highest BCUT2D eigenvalue weighted by atomic mass is 19.3. The van der Waals surface area contributed by atoms with Crippen molar-refractivity contribution in [2.45, 2.75) is 58.1 Å². The van der Waals surface area contributed by atoms with Gasteiger partial charge in [0.2, 0.25) is 0 Å². The molecule has 6 nitrogen and oxygen atoms in total. The zero-order valence-corrected chi connectivity index (χ0v) is 16.8. The van der Waals surface area contributed by atoms with Gasteiger partial charge in [-0.1, -0.05) is 30.3 Å². The normalized spacial score (nSPS) is 19.8. The van der Waals surface area contributed by atoms with Crippen molar-refractivity contribution in [3.05, 3.63) is 35.9 Å². The summed E-state index contributed by atoms with van der Waals surface area (Å²) < 4.78 is 32.5. The quantitative estimate of drug-likeness (QED) is 0.798. The number of aliphatic carboxylic acids is 1. The maximum atomic E-state index is 13.8. The van der Waals surface area contributed by atoms with Gasteiger partial charge in [-0.2, -0.15) is 0 Å². The first-order valence-electron chi connectivity index (χ1n) is 9.20. The fraction of sp³-hybridized carbons (Fsp3) is 0.600. The Balaban J connectivity index is 0.000000362. The van der Waals surface area contributed by atoms with E-state index >= 15 is 0 Å². The number of ether oxygens (including phenoxy) is 1. The number of carbonyl (C=O) groups excluding carboxylic acids is 1. The number of carboxylic acids is 1. The molecule has 1 aliphatic rings. The molecule has 1 amide bonds. The molecule has 8 heteroatoms. The summed E-state index contributed by atoms with van der Waals surface area (Å²) in [5.74, 6) is -5.69. The average molecular weight is 400 g/mol. The third-order valence-corrected chi connectivity index (χ3v) is 4.14. The summed E-state index contributed by atoms with van der Waals surface area (Å²) in [5, 5.41) is 8.59. The van der Waals surface area contributed by atoms with Crippen molar-refractivity contribution in [2.24, 2.45) is 11.7 Å². The van der Waals surface area contributed by atoms with Crippen molar-refractivity contribution in [2.75, 3.05) is 13.1 Å². The molecule has 0 radical (unpaired) electrons. The van der Waals surface area contributed by atoms with Gasteiger partial charge in [-0.15, -0.1) is 0 Å². The van der Waals surface area contributed by atoms with E-state index in [0.29, 0.717) is 0 Å². The van der Waals surface area contributed by atoms with Crippen molar-refractivity contribution >= 4 is 12.1 Å². The van der Waals surface area contributed by atoms with Gasteiger partial charge in [-0.3, -0.25) is 4.79 Å². The van der Waals surface area contributed by atoms with E-state index < -0.39 is 42.5 Å². The van der Waals surface area contributed by atoms with E-state index in [-0.39, 0.29) is 19.0 Å². The third-order valence-electron chi connectivity index (χ3n) is 4.14. The highest BCUT2D eigenvalue weighted by Gasteiger charge is 2.47. The van der Waals surface area contributed by atoms with E-state index in [9.17, 15) is 18.4 Å². The van der Waals surface area contributed by atoms with Crippen LogP contribution >= 0.6 is 0 Å². The molecule has 1 aromatic rings. The van der Waals surface area contributed by atoms with Crippen LogP contribution in [-0.2, 0) is 9.53 Å². The predicted molar refractivity (Wildman–Crippen MR) is 102 cm³/mol. The number of amides is 1. The molecule has 158 valence electrons. The minimum Gasteiger partial charge on any atom is -0.481 e. The molecule has 0 aliphatic carbocycles. The molecule has 1 aliphatic heterocycles. The Hall–Kier alpha value is -2.22. The van der Waals surface area contributed by atoms with Gasteiger partial charge in [0.1, 0.15) is 5.60 Å². The molecule has 2 rings (SSSR count). The minimum atomic E-state index is -3.20. The second kappa shape index (κ2) is 9.82. The second-order valence-electron chi connectivity index (χ2n) is 7.95. The van der Waals surface area contributed by atoms with Gasteiger partial charge in [-0.05, 0) is 39.7 Å². The monoisotopic (exact) mass is 400 g/mol. The van der Waals surface area contributed by atoms with Gasteiger partial charge in [-0.25, -0.2) is 13.6 Å². The summed E-state index contributed by atoms with van der Waals surface area (Å²) >= 11 is 0. The van der Waals surface area contributed by atoms with Crippen LogP contribution in [0.4, 0.5) is 13.6 Å². The molecule has 0 unspecified atom stereocenters. The van der Waals surface area contributed by atoms with Gasteiger partial charge >= 0.3 is 12.1 Å². The van der Waals surface area contributed by atoms with Crippen LogP contribution in [0.5, 0.6) is 0 Å². The summed E-state index contributed by atoms with van der Waals surface area (Å²) in [6, 6.07) is 10.2. The zero-order chi connectivity index (χ0) is 21.5. The Morgan fingerprint density at radius 1 is 1.32 bits per heavy atom. The van der Waals surface area contributed by atoms with Crippen LogP contribution < -0.4 is 5.73 Å². The number of carboxylic acid groups (broad SMARTS) is 1. The van der Waals surface area contributed by atoms with Crippen molar-refractivity contribution in [3.8, 4) is 0 Å². The summed E-state index contributed by atoms with van der Waals surface area (Å²) in [5.41, 5.74) is 6.06. The molecule has 0 saturated carbocycles. The van der Waals surface area contributed by atoms with Crippen LogP contribution in [0.15, 0.2) is 30.3 Å². The number of carbonyl (C=O) groups is 2. The minimum absolute atomic E-state index is 0.0431. The number of nitrogens with zero attached hydrogens (tertiary/aromatic N) is 1. The Bertz CT molecular complexity index is 645. The smallest absolute Gasteiger partial charge is 0.410 e. The zero-order valence-electron chi connectivity index (χ0n) is 16.8. The maximum absolute atomic E-state index is 13.8. The molecule has 2 atom stereocenters. The van der Waals surface area contributed by atoms with E-state index in [1.165, 1.54) is 5.56 Å². The van der Waals surface area contributed by atoms with Crippen LogP contribution in [0.1, 0.15) is 52.1 Å². The van der Waals surface area contributed by atoms with Crippen LogP contribution in [0.25, 0.3) is 0 Å². The van der Waals surface area contributed by atoms with Crippen LogP contribution in [0.3, 0.4) is 0 Å². The van der Waals surface area contributed by atoms with Gasteiger partial charge in [0.15, 0.2) is 0 Å². The molecule has 0 aromatic heterocycles. The Morgan fingerprint density at radius 2 is 1.89 bits per heavy atom. The van der Waals surface area contributed by atoms with Crippen molar-refractivity contribution in [1.29, 1.82) is 0 Å². The molecule has 3 N–H and O–H groups in total. The molecule has 0 spiro atoms. The van der Waals surface area contributed by atoms with Gasteiger partial charge in [0.05, 0.1) is 13.0 Å². The van der Waals surface area contributed by atoms with Crippen LogP contribution in [-0.4, -0.2) is 46.7 Å². The Morgan fingerprint density at radius 3 is 2.29 bits per heavy atom. The summed E-state index contributed by atoms with van der Waals surface area (Å²) in [4.78, 5) is 23.1. The number of benzene rings is 1. The lowest BCUT2D eigenvalue weighted by atomic mass is 9.90. The number of hydrogen-bond acceptors (Lipinski definition) is 4. The van der Waals surface area contributed by atoms with Crippen molar-refractivity contribution in [3.63, 3.8) is 0 Å².